The summed E-state index contributed by atoms with van der Waals surface area (Å²) in [6.07, 6.45) is 2.76. The van der Waals surface area contributed by atoms with Crippen molar-refractivity contribution >= 4 is 5.91 Å². The summed E-state index contributed by atoms with van der Waals surface area (Å²) < 4.78 is 12.8. The van der Waals surface area contributed by atoms with E-state index in [-0.39, 0.29) is 17.5 Å². The Balaban J connectivity index is 2.23. The monoisotopic (exact) mass is 219 g/mol. The minimum absolute atomic E-state index is 0.245. The number of carbonyl (C=O) groups is 1. The van der Waals surface area contributed by atoms with Crippen molar-refractivity contribution < 1.29 is 9.18 Å². The summed E-state index contributed by atoms with van der Waals surface area (Å²) in [5.41, 5.74) is 0.245. The zero-order valence-corrected chi connectivity index (χ0v) is 8.56. The van der Waals surface area contributed by atoms with E-state index in [0.29, 0.717) is 13.0 Å². The van der Waals surface area contributed by atoms with Gasteiger partial charge in [0.05, 0.1) is 6.07 Å². The molecular formula is C11H10FN3O. The molecule has 0 spiro atoms. The Morgan fingerprint density at radius 1 is 1.69 bits per heavy atom. The molecule has 82 valence electrons. The van der Waals surface area contributed by atoms with Crippen molar-refractivity contribution in [2.75, 3.05) is 6.54 Å². The Labute approximate surface area is 92.3 Å². The van der Waals surface area contributed by atoms with E-state index in [9.17, 15) is 9.18 Å². The van der Waals surface area contributed by atoms with Crippen LogP contribution in [-0.2, 0) is 0 Å². The second kappa shape index (κ2) is 4.27. The number of aromatic nitrogens is 1. The molecule has 1 aromatic rings. The average molecular weight is 219 g/mol. The van der Waals surface area contributed by atoms with Crippen molar-refractivity contribution in [1.82, 2.24) is 9.88 Å². The number of likely N-dealkylation sites (tertiary alicyclic amines) is 1. The summed E-state index contributed by atoms with van der Waals surface area (Å²) in [5, 5.41) is 8.86. The molecule has 1 aliphatic rings. The summed E-state index contributed by atoms with van der Waals surface area (Å²) in [6.45, 7) is 0.557. The van der Waals surface area contributed by atoms with Crippen LogP contribution in [0.3, 0.4) is 0 Å². The van der Waals surface area contributed by atoms with E-state index in [1.807, 2.05) is 0 Å². The van der Waals surface area contributed by atoms with Gasteiger partial charge in [0.1, 0.15) is 6.04 Å². The Kier molecular flexibility index (Phi) is 2.82. The molecule has 0 aromatic carbocycles. The molecule has 4 nitrogen and oxygen atoms in total. The highest BCUT2D eigenvalue weighted by Gasteiger charge is 2.29. The first-order valence-electron chi connectivity index (χ1n) is 5.04. The van der Waals surface area contributed by atoms with Crippen LogP contribution in [-0.4, -0.2) is 28.4 Å². The fraction of sp³-hybridized carbons (Fsp3) is 0.364. The van der Waals surface area contributed by atoms with Crippen molar-refractivity contribution in [3.05, 3.63) is 29.8 Å². The highest BCUT2D eigenvalue weighted by Crippen LogP contribution is 2.19. The molecule has 1 unspecified atom stereocenters. The van der Waals surface area contributed by atoms with Crippen LogP contribution in [0.25, 0.3) is 0 Å². The quantitative estimate of drug-likeness (QED) is 0.670. The zero-order chi connectivity index (χ0) is 11.5. The maximum Gasteiger partial charge on any atom is 0.255 e. The van der Waals surface area contributed by atoms with Gasteiger partial charge in [0, 0.05) is 24.4 Å². The molecule has 0 saturated carbocycles. The topological polar surface area (TPSA) is 57.0 Å². The van der Waals surface area contributed by atoms with Crippen molar-refractivity contribution in [3.8, 4) is 6.07 Å². The molecular weight excluding hydrogens is 209 g/mol. The van der Waals surface area contributed by atoms with E-state index in [1.54, 1.807) is 0 Å². The van der Waals surface area contributed by atoms with Crippen LogP contribution >= 0.6 is 0 Å². The normalized spacial score (nSPS) is 19.5. The Morgan fingerprint density at radius 3 is 3.19 bits per heavy atom. The lowest BCUT2D eigenvalue weighted by Crippen LogP contribution is -2.34. The molecule has 1 atom stereocenters. The third kappa shape index (κ3) is 1.87. The third-order valence-electron chi connectivity index (χ3n) is 2.64. The molecule has 16 heavy (non-hydrogen) atoms. The standard InChI is InChI=1S/C11H10FN3O/c12-10-6-8(3-4-14-10)11(16)15-5-1-2-9(15)7-13/h3-4,6,9H,1-2,5H2. The van der Waals surface area contributed by atoms with Gasteiger partial charge in [-0.25, -0.2) is 4.98 Å². The number of amides is 1. The first kappa shape index (κ1) is 10.6. The number of pyridine rings is 1. The maximum atomic E-state index is 12.8. The van der Waals surface area contributed by atoms with Gasteiger partial charge in [-0.3, -0.25) is 4.79 Å². The lowest BCUT2D eigenvalue weighted by Gasteiger charge is -2.19. The molecule has 0 radical (unpaired) electrons. The van der Waals surface area contributed by atoms with Crippen LogP contribution in [0.4, 0.5) is 4.39 Å². The van der Waals surface area contributed by atoms with E-state index in [1.165, 1.54) is 17.2 Å². The number of carbonyl (C=O) groups excluding carboxylic acids is 1. The number of nitrogens with zero attached hydrogens (tertiary/aromatic N) is 3. The highest BCUT2D eigenvalue weighted by molar-refractivity contribution is 5.94. The van der Waals surface area contributed by atoms with Crippen LogP contribution in [0.1, 0.15) is 23.2 Å². The van der Waals surface area contributed by atoms with Gasteiger partial charge in [0.25, 0.3) is 5.91 Å². The smallest absolute Gasteiger partial charge is 0.255 e. The fourth-order valence-electron chi connectivity index (χ4n) is 1.85. The van der Waals surface area contributed by atoms with E-state index in [4.69, 9.17) is 5.26 Å². The summed E-state index contributed by atoms with van der Waals surface area (Å²) in [5.74, 6) is -0.982. The molecule has 0 aliphatic carbocycles. The predicted octanol–water partition coefficient (Wildman–Crippen LogP) is 1.35. The molecule has 1 saturated heterocycles. The van der Waals surface area contributed by atoms with Gasteiger partial charge in [0.2, 0.25) is 5.95 Å². The highest BCUT2D eigenvalue weighted by atomic mass is 19.1. The lowest BCUT2D eigenvalue weighted by atomic mass is 10.2. The second-order valence-electron chi connectivity index (χ2n) is 3.65. The van der Waals surface area contributed by atoms with E-state index in [0.717, 1.165) is 12.5 Å². The van der Waals surface area contributed by atoms with Crippen LogP contribution < -0.4 is 0 Å². The molecule has 0 bridgehead atoms. The molecule has 1 aliphatic heterocycles. The van der Waals surface area contributed by atoms with Crippen molar-refractivity contribution in [1.29, 1.82) is 5.26 Å². The molecule has 2 heterocycles. The average Bonchev–Trinajstić information content (AvgIpc) is 2.76. The lowest BCUT2D eigenvalue weighted by molar-refractivity contribution is 0.0764. The van der Waals surface area contributed by atoms with Gasteiger partial charge in [-0.2, -0.15) is 9.65 Å². The first-order chi connectivity index (χ1) is 7.72. The largest absolute Gasteiger partial charge is 0.323 e. The molecule has 0 N–H and O–H groups in total. The van der Waals surface area contributed by atoms with E-state index < -0.39 is 5.95 Å². The maximum absolute atomic E-state index is 12.8. The van der Waals surface area contributed by atoms with Crippen LogP contribution in [0, 0.1) is 17.3 Å². The molecule has 1 fully saturated rings. The second-order valence-corrected chi connectivity index (χ2v) is 3.65. The van der Waals surface area contributed by atoms with Crippen LogP contribution in [0.2, 0.25) is 0 Å². The van der Waals surface area contributed by atoms with E-state index in [2.05, 4.69) is 11.1 Å². The molecule has 1 aromatic heterocycles. The van der Waals surface area contributed by atoms with Gasteiger partial charge < -0.3 is 4.90 Å². The van der Waals surface area contributed by atoms with Gasteiger partial charge in [0.15, 0.2) is 0 Å². The molecule has 1 amide bonds. The van der Waals surface area contributed by atoms with Gasteiger partial charge >= 0.3 is 0 Å². The number of hydrogen-bond donors (Lipinski definition) is 0. The minimum atomic E-state index is -0.682. The first-order valence-corrected chi connectivity index (χ1v) is 5.04. The van der Waals surface area contributed by atoms with Crippen molar-refractivity contribution in [2.45, 2.75) is 18.9 Å². The fourth-order valence-corrected chi connectivity index (χ4v) is 1.85. The predicted molar refractivity (Wildman–Crippen MR) is 53.9 cm³/mol. The van der Waals surface area contributed by atoms with Crippen molar-refractivity contribution in [3.63, 3.8) is 0 Å². The van der Waals surface area contributed by atoms with Crippen LogP contribution in [0.15, 0.2) is 18.3 Å². The van der Waals surface area contributed by atoms with Gasteiger partial charge in [-0.05, 0) is 18.9 Å². The SMILES string of the molecule is N#CC1CCCN1C(=O)c1ccnc(F)c1. The molecule has 5 heteroatoms. The Morgan fingerprint density at radius 2 is 2.50 bits per heavy atom. The molecule has 2 rings (SSSR count). The summed E-state index contributed by atoms with van der Waals surface area (Å²) in [7, 11) is 0. The van der Waals surface area contributed by atoms with Gasteiger partial charge in [-0.15, -0.1) is 0 Å². The van der Waals surface area contributed by atoms with E-state index >= 15 is 0 Å². The zero-order valence-electron chi connectivity index (χ0n) is 8.56. The Hall–Kier alpha value is -1.96. The third-order valence-corrected chi connectivity index (χ3v) is 2.64. The number of hydrogen-bond acceptors (Lipinski definition) is 3. The Bertz CT molecular complexity index is 455. The van der Waals surface area contributed by atoms with Crippen molar-refractivity contribution in [2.24, 2.45) is 0 Å². The number of halogens is 1. The minimum Gasteiger partial charge on any atom is -0.323 e. The number of rotatable bonds is 1. The van der Waals surface area contributed by atoms with Gasteiger partial charge in [-0.1, -0.05) is 0 Å². The van der Waals surface area contributed by atoms with Crippen LogP contribution in [0.5, 0.6) is 0 Å². The summed E-state index contributed by atoms with van der Waals surface area (Å²) in [6, 6.07) is 4.24. The summed E-state index contributed by atoms with van der Waals surface area (Å²) >= 11 is 0. The summed E-state index contributed by atoms with van der Waals surface area (Å²) in [4.78, 5) is 16.8. The number of nitriles is 1.